The van der Waals surface area contributed by atoms with E-state index in [1.54, 1.807) is 13.2 Å². The van der Waals surface area contributed by atoms with Crippen molar-refractivity contribution in [1.82, 2.24) is 4.90 Å². The van der Waals surface area contributed by atoms with Gasteiger partial charge >= 0.3 is 0 Å². The second kappa shape index (κ2) is 11.2. The molecule has 2 N–H and O–H groups in total. The highest BCUT2D eigenvalue weighted by molar-refractivity contribution is 5.97. The molecule has 174 valence electrons. The zero-order valence-corrected chi connectivity index (χ0v) is 19.2. The minimum atomic E-state index is -0.129. The number of methoxy groups -OCH3 is 1. The molecule has 4 rings (SSSR count). The summed E-state index contributed by atoms with van der Waals surface area (Å²) < 4.78 is 5.21. The summed E-state index contributed by atoms with van der Waals surface area (Å²) in [7, 11) is 1.63. The van der Waals surface area contributed by atoms with Gasteiger partial charge in [-0.25, -0.2) is 0 Å². The molecule has 0 saturated carbocycles. The molecule has 0 radical (unpaired) electrons. The molecule has 0 aromatic heterocycles. The standard InChI is InChI=1S/C28H29N3O3/c1-34-24-14-12-23(13-15-24)29-25-9-5-6-10-26(25)30-28(33)22-17-19-31(20-18-22)27(32)16-11-21-7-3-2-4-8-21/h2-16,22,29H,17-20H2,1H3,(H,30,33)/b16-11+. The first-order valence-corrected chi connectivity index (χ1v) is 11.5. The molecule has 3 aromatic rings. The number of hydrogen-bond acceptors (Lipinski definition) is 4. The second-order valence-electron chi connectivity index (χ2n) is 8.23. The monoisotopic (exact) mass is 455 g/mol. The highest BCUT2D eigenvalue weighted by Crippen LogP contribution is 2.28. The normalized spacial score (nSPS) is 14.1. The number of hydrogen-bond donors (Lipinski definition) is 2. The van der Waals surface area contributed by atoms with Crippen LogP contribution in [0, 0.1) is 5.92 Å². The summed E-state index contributed by atoms with van der Waals surface area (Å²) in [5, 5.41) is 6.42. The average molecular weight is 456 g/mol. The first kappa shape index (κ1) is 23.1. The molecule has 1 aliphatic rings. The lowest BCUT2D eigenvalue weighted by Crippen LogP contribution is -2.40. The number of amides is 2. The molecule has 2 amide bonds. The SMILES string of the molecule is COc1ccc(Nc2ccccc2NC(=O)C2CCN(C(=O)/C=C/c3ccccc3)CC2)cc1. The Morgan fingerprint density at radius 1 is 0.882 bits per heavy atom. The number of anilines is 3. The predicted molar refractivity (Wildman–Crippen MR) is 136 cm³/mol. The summed E-state index contributed by atoms with van der Waals surface area (Å²) in [6.07, 6.45) is 4.72. The van der Waals surface area contributed by atoms with Gasteiger partial charge in [-0.15, -0.1) is 0 Å². The fourth-order valence-electron chi connectivity index (χ4n) is 3.96. The first-order valence-electron chi connectivity index (χ1n) is 11.5. The number of carbonyl (C=O) groups is 2. The highest BCUT2D eigenvalue weighted by atomic mass is 16.5. The number of nitrogens with zero attached hydrogens (tertiary/aromatic N) is 1. The minimum absolute atomic E-state index is 0.0169. The number of likely N-dealkylation sites (tertiary alicyclic amines) is 1. The van der Waals surface area contributed by atoms with Crippen molar-refractivity contribution in [1.29, 1.82) is 0 Å². The Balaban J connectivity index is 1.32. The predicted octanol–water partition coefficient (Wildman–Crippen LogP) is 5.33. The van der Waals surface area contributed by atoms with Crippen molar-refractivity contribution in [3.8, 4) is 5.75 Å². The molecule has 0 atom stereocenters. The smallest absolute Gasteiger partial charge is 0.246 e. The van der Waals surface area contributed by atoms with E-state index < -0.39 is 0 Å². The Hall–Kier alpha value is -4.06. The van der Waals surface area contributed by atoms with E-state index in [1.807, 2.05) is 89.8 Å². The molecule has 6 nitrogen and oxygen atoms in total. The maximum absolute atomic E-state index is 13.0. The molecule has 3 aromatic carbocycles. The fourth-order valence-corrected chi connectivity index (χ4v) is 3.96. The summed E-state index contributed by atoms with van der Waals surface area (Å²) in [5.74, 6) is 0.622. The minimum Gasteiger partial charge on any atom is -0.497 e. The largest absolute Gasteiger partial charge is 0.497 e. The molecule has 34 heavy (non-hydrogen) atoms. The van der Waals surface area contributed by atoms with Crippen molar-refractivity contribution in [2.24, 2.45) is 5.92 Å². The summed E-state index contributed by atoms with van der Waals surface area (Å²) >= 11 is 0. The van der Waals surface area contributed by atoms with E-state index in [-0.39, 0.29) is 17.7 Å². The molecule has 0 spiro atoms. The van der Waals surface area contributed by atoms with Gasteiger partial charge in [-0.3, -0.25) is 9.59 Å². The van der Waals surface area contributed by atoms with Gasteiger partial charge in [-0.05, 0) is 60.9 Å². The van der Waals surface area contributed by atoms with E-state index >= 15 is 0 Å². The maximum atomic E-state index is 13.0. The van der Waals surface area contributed by atoms with Gasteiger partial charge in [-0.1, -0.05) is 42.5 Å². The lowest BCUT2D eigenvalue weighted by Gasteiger charge is -2.30. The Labute approximate surface area is 200 Å². The third-order valence-corrected chi connectivity index (χ3v) is 5.95. The molecule has 0 aliphatic carbocycles. The van der Waals surface area contributed by atoms with Gasteiger partial charge in [0.2, 0.25) is 11.8 Å². The number of nitrogens with one attached hydrogen (secondary N) is 2. The lowest BCUT2D eigenvalue weighted by molar-refractivity contribution is -0.130. The van der Waals surface area contributed by atoms with E-state index in [0.717, 1.165) is 28.4 Å². The number of rotatable bonds is 7. The van der Waals surface area contributed by atoms with Gasteiger partial charge in [0.25, 0.3) is 0 Å². The van der Waals surface area contributed by atoms with E-state index in [9.17, 15) is 9.59 Å². The molecule has 1 saturated heterocycles. The Kier molecular flexibility index (Phi) is 7.60. The van der Waals surface area contributed by atoms with Crippen LogP contribution in [0.4, 0.5) is 17.1 Å². The fraction of sp³-hybridized carbons (Fsp3) is 0.214. The van der Waals surface area contributed by atoms with Crippen molar-refractivity contribution in [3.05, 3.63) is 90.5 Å². The van der Waals surface area contributed by atoms with Crippen LogP contribution in [0.5, 0.6) is 5.75 Å². The number of ether oxygens (including phenoxy) is 1. The Morgan fingerprint density at radius 2 is 1.53 bits per heavy atom. The van der Waals surface area contributed by atoms with Gasteiger partial charge in [0.05, 0.1) is 18.5 Å². The number of para-hydroxylation sites is 2. The molecule has 0 unspecified atom stereocenters. The zero-order chi connectivity index (χ0) is 23.8. The van der Waals surface area contributed by atoms with Crippen LogP contribution in [0.1, 0.15) is 18.4 Å². The van der Waals surface area contributed by atoms with E-state index in [2.05, 4.69) is 10.6 Å². The Bertz CT molecular complexity index is 1140. The molecular weight excluding hydrogens is 426 g/mol. The second-order valence-corrected chi connectivity index (χ2v) is 8.23. The third-order valence-electron chi connectivity index (χ3n) is 5.95. The van der Waals surface area contributed by atoms with Crippen LogP contribution in [-0.4, -0.2) is 36.9 Å². The van der Waals surface area contributed by atoms with Gasteiger partial charge in [0.15, 0.2) is 0 Å². The topological polar surface area (TPSA) is 70.7 Å². The molecule has 1 heterocycles. The molecular formula is C28H29N3O3. The molecule has 0 bridgehead atoms. The van der Waals surface area contributed by atoms with Crippen molar-refractivity contribution in [2.75, 3.05) is 30.8 Å². The molecule has 1 aliphatic heterocycles. The van der Waals surface area contributed by atoms with Gasteiger partial charge in [0, 0.05) is 30.8 Å². The van der Waals surface area contributed by atoms with Gasteiger partial charge < -0.3 is 20.3 Å². The van der Waals surface area contributed by atoms with Crippen LogP contribution in [0.3, 0.4) is 0 Å². The average Bonchev–Trinajstić information content (AvgIpc) is 2.89. The molecule has 6 heteroatoms. The number of benzene rings is 3. The summed E-state index contributed by atoms with van der Waals surface area (Å²) in [4.78, 5) is 27.3. The number of piperidine rings is 1. The van der Waals surface area contributed by atoms with E-state index in [4.69, 9.17) is 4.74 Å². The van der Waals surface area contributed by atoms with Crippen LogP contribution >= 0.6 is 0 Å². The van der Waals surface area contributed by atoms with Crippen molar-refractivity contribution < 1.29 is 14.3 Å². The van der Waals surface area contributed by atoms with Crippen molar-refractivity contribution in [2.45, 2.75) is 12.8 Å². The summed E-state index contributed by atoms with van der Waals surface area (Å²) in [6.45, 7) is 1.14. The summed E-state index contributed by atoms with van der Waals surface area (Å²) in [6, 6.07) is 25.0. The van der Waals surface area contributed by atoms with E-state index in [1.165, 1.54) is 0 Å². The Morgan fingerprint density at radius 3 is 2.21 bits per heavy atom. The van der Waals surface area contributed by atoms with Gasteiger partial charge in [0.1, 0.15) is 5.75 Å². The van der Waals surface area contributed by atoms with Crippen LogP contribution in [-0.2, 0) is 9.59 Å². The lowest BCUT2D eigenvalue weighted by atomic mass is 9.95. The van der Waals surface area contributed by atoms with Crippen LogP contribution < -0.4 is 15.4 Å². The third kappa shape index (κ3) is 6.04. The maximum Gasteiger partial charge on any atom is 0.246 e. The van der Waals surface area contributed by atoms with E-state index in [0.29, 0.717) is 25.9 Å². The van der Waals surface area contributed by atoms with Crippen LogP contribution in [0.25, 0.3) is 6.08 Å². The zero-order valence-electron chi connectivity index (χ0n) is 19.2. The van der Waals surface area contributed by atoms with Crippen molar-refractivity contribution in [3.63, 3.8) is 0 Å². The van der Waals surface area contributed by atoms with Crippen LogP contribution in [0.15, 0.2) is 84.9 Å². The quantitative estimate of drug-likeness (QED) is 0.473. The highest BCUT2D eigenvalue weighted by Gasteiger charge is 2.27. The van der Waals surface area contributed by atoms with Crippen molar-refractivity contribution >= 4 is 35.0 Å². The summed E-state index contributed by atoms with van der Waals surface area (Å²) in [5.41, 5.74) is 3.44. The molecule has 1 fully saturated rings. The number of carbonyl (C=O) groups excluding carboxylic acids is 2. The van der Waals surface area contributed by atoms with Gasteiger partial charge in [-0.2, -0.15) is 0 Å². The first-order chi connectivity index (χ1) is 16.6. The van der Waals surface area contributed by atoms with Crippen LogP contribution in [0.2, 0.25) is 0 Å².